The Hall–Kier alpha value is -2.43. The number of esters is 1. The minimum atomic E-state index is -3.96. The van der Waals surface area contributed by atoms with Crippen LogP contribution in [-0.2, 0) is 29.4 Å². The normalized spacial score (nSPS) is 16.9. The molecule has 34 heavy (non-hydrogen) atoms. The summed E-state index contributed by atoms with van der Waals surface area (Å²) in [5, 5.41) is 3.48. The fourth-order valence-corrected chi connectivity index (χ4v) is 6.32. The molecule has 1 atom stereocenters. The SMILES string of the molecule is CCOC(=O)CCCCCCNC1c2ccccc2N(C)S(=O)(=O)c2cc(S(C)(=O)=O)ccc21. The second kappa shape index (κ2) is 10.9. The molecule has 0 fully saturated rings. The first-order valence-corrected chi connectivity index (χ1v) is 14.7. The fourth-order valence-electron chi connectivity index (χ4n) is 4.12. The molecule has 0 spiro atoms. The van der Waals surface area contributed by atoms with Crippen molar-refractivity contribution in [3.05, 3.63) is 53.6 Å². The van der Waals surface area contributed by atoms with Crippen molar-refractivity contribution in [2.75, 3.05) is 30.8 Å². The molecule has 0 aliphatic carbocycles. The Morgan fingerprint density at radius 2 is 1.76 bits per heavy atom. The highest BCUT2D eigenvalue weighted by atomic mass is 32.2. The Morgan fingerprint density at radius 3 is 2.47 bits per heavy atom. The van der Waals surface area contributed by atoms with E-state index in [4.69, 9.17) is 4.74 Å². The molecular weight excluding hydrogens is 476 g/mol. The Kier molecular flexibility index (Phi) is 8.38. The zero-order valence-electron chi connectivity index (χ0n) is 19.8. The largest absolute Gasteiger partial charge is 0.466 e. The lowest BCUT2D eigenvalue weighted by molar-refractivity contribution is -0.143. The number of nitrogens with one attached hydrogen (secondary N) is 1. The van der Waals surface area contributed by atoms with Crippen LogP contribution in [0.5, 0.6) is 0 Å². The number of carbonyl (C=O) groups excluding carboxylic acids is 1. The number of carbonyl (C=O) groups is 1. The number of fused-ring (bicyclic) bond motifs is 2. The predicted octanol–water partition coefficient (Wildman–Crippen LogP) is 3.42. The van der Waals surface area contributed by atoms with Crippen LogP contribution in [0.25, 0.3) is 0 Å². The molecule has 2 aromatic rings. The number of sulfonamides is 1. The summed E-state index contributed by atoms with van der Waals surface area (Å²) in [6, 6.07) is 11.2. The maximum atomic E-state index is 13.4. The zero-order valence-corrected chi connectivity index (χ0v) is 21.4. The number of hydrogen-bond acceptors (Lipinski definition) is 7. The molecule has 0 radical (unpaired) electrons. The average molecular weight is 509 g/mol. The molecule has 1 heterocycles. The zero-order chi connectivity index (χ0) is 24.9. The van der Waals surface area contributed by atoms with E-state index in [0.29, 0.717) is 30.8 Å². The van der Waals surface area contributed by atoms with E-state index in [9.17, 15) is 21.6 Å². The van der Waals surface area contributed by atoms with Crippen LogP contribution in [0.1, 0.15) is 56.2 Å². The molecule has 1 unspecified atom stereocenters. The van der Waals surface area contributed by atoms with Gasteiger partial charge in [-0.05, 0) is 55.6 Å². The van der Waals surface area contributed by atoms with Crippen LogP contribution in [0.15, 0.2) is 52.3 Å². The summed E-state index contributed by atoms with van der Waals surface area (Å²) in [5.41, 5.74) is 1.87. The van der Waals surface area contributed by atoms with Crippen molar-refractivity contribution in [3.8, 4) is 0 Å². The minimum absolute atomic E-state index is 0.0129. The van der Waals surface area contributed by atoms with Gasteiger partial charge in [0.15, 0.2) is 9.84 Å². The maximum absolute atomic E-state index is 13.4. The number of unbranched alkanes of at least 4 members (excludes halogenated alkanes) is 3. The highest BCUT2D eigenvalue weighted by Gasteiger charge is 2.35. The maximum Gasteiger partial charge on any atom is 0.305 e. The van der Waals surface area contributed by atoms with Crippen molar-refractivity contribution in [3.63, 3.8) is 0 Å². The summed E-state index contributed by atoms with van der Waals surface area (Å²) >= 11 is 0. The van der Waals surface area contributed by atoms with Gasteiger partial charge in [-0.15, -0.1) is 0 Å². The monoisotopic (exact) mass is 508 g/mol. The van der Waals surface area contributed by atoms with Gasteiger partial charge in [0, 0.05) is 19.7 Å². The quantitative estimate of drug-likeness (QED) is 0.387. The van der Waals surface area contributed by atoms with Crippen LogP contribution >= 0.6 is 0 Å². The van der Waals surface area contributed by atoms with Gasteiger partial charge in [0.2, 0.25) is 0 Å². The highest BCUT2D eigenvalue weighted by Crippen LogP contribution is 2.40. The minimum Gasteiger partial charge on any atom is -0.466 e. The van der Waals surface area contributed by atoms with E-state index in [0.717, 1.165) is 37.5 Å². The molecule has 2 aromatic carbocycles. The molecule has 0 bridgehead atoms. The number of benzene rings is 2. The van der Waals surface area contributed by atoms with E-state index < -0.39 is 25.9 Å². The molecule has 0 saturated heterocycles. The molecule has 1 aliphatic heterocycles. The molecule has 10 heteroatoms. The van der Waals surface area contributed by atoms with Gasteiger partial charge < -0.3 is 10.1 Å². The summed E-state index contributed by atoms with van der Waals surface area (Å²) in [5.74, 6) is -0.175. The van der Waals surface area contributed by atoms with Crippen molar-refractivity contribution in [2.24, 2.45) is 0 Å². The molecule has 186 valence electrons. The van der Waals surface area contributed by atoms with Gasteiger partial charge in [0.25, 0.3) is 10.0 Å². The van der Waals surface area contributed by atoms with E-state index in [1.165, 1.54) is 23.5 Å². The van der Waals surface area contributed by atoms with Crippen LogP contribution in [0.2, 0.25) is 0 Å². The first-order chi connectivity index (χ1) is 16.1. The van der Waals surface area contributed by atoms with Crippen LogP contribution in [0.4, 0.5) is 5.69 Å². The van der Waals surface area contributed by atoms with Crippen molar-refractivity contribution in [2.45, 2.75) is 54.9 Å². The number of ether oxygens (including phenoxy) is 1. The summed E-state index contributed by atoms with van der Waals surface area (Å²) < 4.78 is 57.2. The summed E-state index contributed by atoms with van der Waals surface area (Å²) in [6.07, 6.45) is 4.91. The topological polar surface area (TPSA) is 110 Å². The lowest BCUT2D eigenvalue weighted by atomic mass is 9.96. The third-order valence-electron chi connectivity index (χ3n) is 5.91. The number of rotatable bonds is 10. The molecule has 3 rings (SSSR count). The molecule has 1 N–H and O–H groups in total. The Labute approximate surface area is 202 Å². The van der Waals surface area contributed by atoms with E-state index in [1.54, 1.807) is 25.1 Å². The second-order valence-electron chi connectivity index (χ2n) is 8.36. The van der Waals surface area contributed by atoms with E-state index in [1.807, 2.05) is 12.1 Å². The van der Waals surface area contributed by atoms with E-state index in [-0.39, 0.29) is 15.8 Å². The van der Waals surface area contributed by atoms with Gasteiger partial charge in [-0.1, -0.05) is 37.1 Å². The van der Waals surface area contributed by atoms with Crippen molar-refractivity contribution < 1.29 is 26.4 Å². The molecular formula is C24H32N2O6S2. The molecule has 1 aliphatic rings. The lowest BCUT2D eigenvalue weighted by Gasteiger charge is -2.22. The Bertz CT molecular complexity index is 1240. The summed E-state index contributed by atoms with van der Waals surface area (Å²) in [6.45, 7) is 2.82. The Balaban J connectivity index is 1.83. The standard InChI is InChI=1S/C24H32N2O6S2/c1-4-32-23(27)13-7-5-6-10-16-25-24-19-11-8-9-12-21(19)26(2)34(30,31)22-17-18(33(3,28)29)14-15-20(22)24/h8-9,11-12,14-15,17,24-25H,4-7,10,13,16H2,1-3H3. The number of para-hydroxylation sites is 1. The van der Waals surface area contributed by atoms with Gasteiger partial charge in [-0.3, -0.25) is 9.10 Å². The van der Waals surface area contributed by atoms with Gasteiger partial charge in [-0.2, -0.15) is 0 Å². The number of hydrogen-bond donors (Lipinski definition) is 1. The van der Waals surface area contributed by atoms with E-state index in [2.05, 4.69) is 5.32 Å². The van der Waals surface area contributed by atoms with Crippen molar-refractivity contribution >= 4 is 31.5 Å². The van der Waals surface area contributed by atoms with Crippen LogP contribution < -0.4 is 9.62 Å². The van der Waals surface area contributed by atoms with Gasteiger partial charge in [0.1, 0.15) is 0 Å². The molecule has 0 amide bonds. The number of anilines is 1. The summed E-state index contributed by atoms with van der Waals surface area (Å²) in [4.78, 5) is 11.4. The average Bonchev–Trinajstić information content (AvgIpc) is 2.85. The van der Waals surface area contributed by atoms with Crippen LogP contribution in [0, 0.1) is 0 Å². The van der Waals surface area contributed by atoms with Crippen molar-refractivity contribution in [1.29, 1.82) is 0 Å². The number of nitrogens with zero attached hydrogens (tertiary/aromatic N) is 1. The third-order valence-corrected chi connectivity index (χ3v) is 8.85. The van der Waals surface area contributed by atoms with Gasteiger partial charge in [-0.25, -0.2) is 16.8 Å². The molecule has 0 aromatic heterocycles. The first kappa shape index (κ1) is 26.2. The van der Waals surface area contributed by atoms with Crippen LogP contribution in [-0.4, -0.2) is 49.3 Å². The fraction of sp³-hybridized carbons (Fsp3) is 0.458. The summed E-state index contributed by atoms with van der Waals surface area (Å²) in [7, 11) is -6.05. The second-order valence-corrected chi connectivity index (χ2v) is 12.3. The third kappa shape index (κ3) is 5.79. The van der Waals surface area contributed by atoms with Crippen LogP contribution in [0.3, 0.4) is 0 Å². The lowest BCUT2D eigenvalue weighted by Crippen LogP contribution is -2.26. The molecule has 8 nitrogen and oxygen atoms in total. The van der Waals surface area contributed by atoms with Crippen molar-refractivity contribution in [1.82, 2.24) is 5.32 Å². The van der Waals surface area contributed by atoms with Gasteiger partial charge >= 0.3 is 5.97 Å². The Morgan fingerprint density at radius 1 is 1.06 bits per heavy atom. The first-order valence-electron chi connectivity index (χ1n) is 11.4. The number of sulfone groups is 1. The highest BCUT2D eigenvalue weighted by molar-refractivity contribution is 7.93. The predicted molar refractivity (Wildman–Crippen MR) is 131 cm³/mol. The van der Waals surface area contributed by atoms with E-state index >= 15 is 0 Å². The molecule has 0 saturated carbocycles. The smallest absolute Gasteiger partial charge is 0.305 e. The van der Waals surface area contributed by atoms with Gasteiger partial charge in [0.05, 0.1) is 28.1 Å².